The molecule has 0 unspecified atom stereocenters. The molecule has 1 heterocycles. The summed E-state index contributed by atoms with van der Waals surface area (Å²) >= 11 is 5.99. The molecule has 0 bridgehead atoms. The van der Waals surface area contributed by atoms with E-state index in [1.807, 2.05) is 24.3 Å². The van der Waals surface area contributed by atoms with E-state index < -0.39 is 51.0 Å². The minimum Gasteiger partial charge on any atom is -0.447 e. The Morgan fingerprint density at radius 1 is 1.15 bits per heavy atom. The summed E-state index contributed by atoms with van der Waals surface area (Å²) in [7, 11) is -4.87. The van der Waals surface area contributed by atoms with Crippen molar-refractivity contribution in [3.05, 3.63) is 71.1 Å². The van der Waals surface area contributed by atoms with Gasteiger partial charge in [0, 0.05) is 31.5 Å². The standard InChI is InChI=1S/C24H27ClFN4O8P/c1-15(31)30(28-12-18-7-4-8-21(26)23(18)25)19(10-20(32)14-38-39(34,35)36)13-37-24(33)29-22-9-16-5-2-3-6-17(16)11-27-22/h2-9,11,19-20,28,32H,10,12-14H2,1H3,(H,27,29,33)(H2,34,35,36)/t19-,20+/m0/s1. The molecule has 2 amide bonds. The third-order valence-corrected chi connectivity index (χ3v) is 6.33. The maximum Gasteiger partial charge on any atom is 0.469 e. The Morgan fingerprint density at radius 3 is 2.56 bits per heavy atom. The third-order valence-electron chi connectivity index (χ3n) is 5.42. The van der Waals surface area contributed by atoms with Gasteiger partial charge in [-0.2, -0.15) is 0 Å². The van der Waals surface area contributed by atoms with Crippen LogP contribution in [0.1, 0.15) is 18.9 Å². The van der Waals surface area contributed by atoms with Crippen LogP contribution in [0.4, 0.5) is 15.0 Å². The maximum absolute atomic E-state index is 13.8. The molecule has 2 aromatic carbocycles. The Hall–Kier alpha value is -3.16. The third kappa shape index (κ3) is 9.52. The average molecular weight is 585 g/mol. The molecule has 12 nitrogen and oxygen atoms in total. The largest absolute Gasteiger partial charge is 0.469 e. The molecule has 2 atom stereocenters. The van der Waals surface area contributed by atoms with Gasteiger partial charge >= 0.3 is 13.9 Å². The summed E-state index contributed by atoms with van der Waals surface area (Å²) in [5.74, 6) is -1.00. The van der Waals surface area contributed by atoms with Crippen LogP contribution in [-0.2, 0) is 25.2 Å². The van der Waals surface area contributed by atoms with Crippen molar-refractivity contribution >= 4 is 48.0 Å². The molecule has 0 aliphatic rings. The Kier molecular flexibility index (Phi) is 10.7. The summed E-state index contributed by atoms with van der Waals surface area (Å²) in [6.07, 6.45) is -1.10. The Morgan fingerprint density at radius 2 is 1.87 bits per heavy atom. The topological polar surface area (TPSA) is 171 Å². The fourth-order valence-electron chi connectivity index (χ4n) is 3.63. The number of nitrogens with one attached hydrogen (secondary N) is 2. The SMILES string of the molecule is CC(=O)N(NCc1cccc(F)c1Cl)[C@H](COC(=O)Nc1cc2ccccc2cn1)C[C@@H](O)COP(=O)(O)O. The molecular weight excluding hydrogens is 558 g/mol. The number of fused-ring (bicyclic) bond motifs is 1. The van der Waals surface area contributed by atoms with Crippen LogP contribution in [0, 0.1) is 5.82 Å². The number of carbonyl (C=O) groups excluding carboxylic acids is 2. The normalized spacial score (nSPS) is 13.1. The van der Waals surface area contributed by atoms with E-state index in [1.165, 1.54) is 25.1 Å². The number of ether oxygens (including phenoxy) is 1. The van der Waals surface area contributed by atoms with Gasteiger partial charge in [-0.25, -0.2) is 24.2 Å². The van der Waals surface area contributed by atoms with Crippen LogP contribution < -0.4 is 10.7 Å². The molecular formula is C24H27ClFN4O8P. The number of rotatable bonds is 12. The highest BCUT2D eigenvalue weighted by Gasteiger charge is 2.28. The van der Waals surface area contributed by atoms with Crippen LogP contribution in [0.25, 0.3) is 10.8 Å². The van der Waals surface area contributed by atoms with Crippen LogP contribution >= 0.6 is 19.4 Å². The van der Waals surface area contributed by atoms with Gasteiger partial charge in [0.25, 0.3) is 0 Å². The highest BCUT2D eigenvalue weighted by Crippen LogP contribution is 2.36. The average Bonchev–Trinajstić information content (AvgIpc) is 2.87. The molecule has 0 aliphatic carbocycles. The number of aliphatic hydroxyl groups excluding tert-OH is 1. The summed E-state index contributed by atoms with van der Waals surface area (Å²) < 4.78 is 34.5. The van der Waals surface area contributed by atoms with E-state index in [1.54, 1.807) is 12.3 Å². The highest BCUT2D eigenvalue weighted by atomic mass is 35.5. The molecule has 3 rings (SSSR count). The van der Waals surface area contributed by atoms with Crippen molar-refractivity contribution < 1.29 is 42.7 Å². The number of pyridine rings is 1. The number of amides is 2. The lowest BCUT2D eigenvalue weighted by atomic mass is 10.1. The number of phosphoric acid groups is 1. The van der Waals surface area contributed by atoms with Gasteiger partial charge in [0.05, 0.1) is 23.8 Å². The van der Waals surface area contributed by atoms with Gasteiger partial charge in [-0.05, 0) is 23.1 Å². The molecule has 0 saturated carbocycles. The van der Waals surface area contributed by atoms with Crippen LogP contribution in [0.15, 0.2) is 54.7 Å². The molecule has 15 heteroatoms. The first-order valence-corrected chi connectivity index (χ1v) is 13.5. The van der Waals surface area contributed by atoms with E-state index in [9.17, 15) is 23.7 Å². The summed E-state index contributed by atoms with van der Waals surface area (Å²) in [6, 6.07) is 12.1. The molecule has 210 valence electrons. The van der Waals surface area contributed by atoms with Gasteiger partial charge in [-0.1, -0.05) is 48.0 Å². The Bertz CT molecular complexity index is 1360. The fraction of sp³-hybridized carbons (Fsp3) is 0.292. The zero-order valence-electron chi connectivity index (χ0n) is 20.7. The maximum atomic E-state index is 13.8. The number of hydrogen-bond donors (Lipinski definition) is 5. The molecule has 0 aliphatic heterocycles. The molecule has 39 heavy (non-hydrogen) atoms. The second-order valence-corrected chi connectivity index (χ2v) is 10.0. The Balaban J connectivity index is 1.71. The zero-order chi connectivity index (χ0) is 28.6. The summed E-state index contributed by atoms with van der Waals surface area (Å²) in [5.41, 5.74) is 3.10. The number of halogens is 2. The van der Waals surface area contributed by atoms with Crippen molar-refractivity contribution in [3.8, 4) is 0 Å². The summed E-state index contributed by atoms with van der Waals surface area (Å²) in [6.45, 7) is -0.106. The first-order chi connectivity index (χ1) is 18.4. The van der Waals surface area contributed by atoms with E-state index in [-0.39, 0.29) is 23.8 Å². The molecule has 0 spiro atoms. The minimum atomic E-state index is -4.87. The predicted molar refractivity (Wildman–Crippen MR) is 140 cm³/mol. The first-order valence-electron chi connectivity index (χ1n) is 11.6. The van der Waals surface area contributed by atoms with E-state index in [0.717, 1.165) is 15.8 Å². The van der Waals surface area contributed by atoms with Crippen LogP contribution in [-0.4, -0.2) is 62.2 Å². The van der Waals surface area contributed by atoms with Crippen molar-refractivity contribution in [1.82, 2.24) is 15.4 Å². The van der Waals surface area contributed by atoms with E-state index in [0.29, 0.717) is 5.56 Å². The lowest BCUT2D eigenvalue weighted by molar-refractivity contribution is -0.137. The van der Waals surface area contributed by atoms with Crippen LogP contribution in [0.3, 0.4) is 0 Å². The second-order valence-electron chi connectivity index (χ2n) is 8.41. The zero-order valence-corrected chi connectivity index (χ0v) is 22.3. The van der Waals surface area contributed by atoms with Crippen LogP contribution in [0.2, 0.25) is 5.02 Å². The number of aromatic nitrogens is 1. The number of benzene rings is 2. The molecule has 0 saturated heterocycles. The fourth-order valence-corrected chi connectivity index (χ4v) is 4.19. The molecule has 3 aromatic rings. The van der Waals surface area contributed by atoms with Crippen molar-refractivity contribution in [3.63, 3.8) is 0 Å². The number of anilines is 1. The summed E-state index contributed by atoms with van der Waals surface area (Å²) in [4.78, 5) is 46.9. The number of aliphatic hydroxyl groups is 1. The first kappa shape index (κ1) is 30.4. The van der Waals surface area contributed by atoms with E-state index >= 15 is 0 Å². The highest BCUT2D eigenvalue weighted by molar-refractivity contribution is 7.46. The number of hydrogen-bond acceptors (Lipinski definition) is 8. The van der Waals surface area contributed by atoms with E-state index in [2.05, 4.69) is 20.3 Å². The van der Waals surface area contributed by atoms with Crippen molar-refractivity contribution in [2.75, 3.05) is 18.5 Å². The lowest BCUT2D eigenvalue weighted by Gasteiger charge is -2.32. The van der Waals surface area contributed by atoms with Gasteiger partial charge in [-0.3, -0.25) is 19.6 Å². The molecule has 0 radical (unpaired) electrons. The minimum absolute atomic E-state index is 0.102. The predicted octanol–water partition coefficient (Wildman–Crippen LogP) is 3.36. The lowest BCUT2D eigenvalue weighted by Crippen LogP contribution is -2.52. The molecule has 5 N–H and O–H groups in total. The summed E-state index contributed by atoms with van der Waals surface area (Å²) in [5, 5.41) is 15.4. The van der Waals surface area contributed by atoms with Gasteiger partial charge in [0.2, 0.25) is 5.91 Å². The van der Waals surface area contributed by atoms with Gasteiger partial charge in [0.15, 0.2) is 0 Å². The number of nitrogens with zero attached hydrogens (tertiary/aromatic N) is 2. The van der Waals surface area contributed by atoms with Gasteiger partial charge in [0.1, 0.15) is 18.2 Å². The smallest absolute Gasteiger partial charge is 0.447 e. The monoisotopic (exact) mass is 584 g/mol. The van der Waals surface area contributed by atoms with Crippen LogP contribution in [0.5, 0.6) is 0 Å². The van der Waals surface area contributed by atoms with E-state index in [4.69, 9.17) is 26.1 Å². The number of phosphoric ester groups is 1. The quantitative estimate of drug-likeness (QED) is 0.157. The Labute approximate surface area is 227 Å². The number of hydrazine groups is 1. The van der Waals surface area contributed by atoms with Crippen molar-refractivity contribution in [1.29, 1.82) is 0 Å². The van der Waals surface area contributed by atoms with Gasteiger partial charge < -0.3 is 19.6 Å². The molecule has 1 aromatic heterocycles. The molecule has 0 fully saturated rings. The van der Waals surface area contributed by atoms with Crippen molar-refractivity contribution in [2.24, 2.45) is 0 Å². The van der Waals surface area contributed by atoms with Gasteiger partial charge in [-0.15, -0.1) is 0 Å². The number of carbonyl (C=O) groups is 2. The van der Waals surface area contributed by atoms with Crippen molar-refractivity contribution in [2.45, 2.75) is 32.0 Å². The second kappa shape index (κ2) is 13.8.